The van der Waals surface area contributed by atoms with Gasteiger partial charge in [0.1, 0.15) is 6.26 Å². The maximum absolute atomic E-state index is 12.8. The zero-order valence-electron chi connectivity index (χ0n) is 17.6. The minimum absolute atomic E-state index is 0.0440. The Morgan fingerprint density at radius 2 is 1.82 bits per heavy atom. The molecule has 0 spiro atoms. The van der Waals surface area contributed by atoms with E-state index in [4.69, 9.17) is 16.0 Å². The number of alkyl halides is 3. The maximum atomic E-state index is 12.8. The predicted molar refractivity (Wildman–Crippen MR) is 118 cm³/mol. The lowest BCUT2D eigenvalue weighted by Gasteiger charge is -2.35. The number of hydrogen-bond donors (Lipinski definition) is 1. The van der Waals surface area contributed by atoms with Crippen LogP contribution in [0, 0.1) is 0 Å². The average molecular weight is 479 g/mol. The SMILES string of the molecule is O=C(NCc1cccc(C(F)(F)F)c1)c1coc(CN2CCN(c3ccc(Cl)cc3)CC2)n1. The molecule has 1 aliphatic heterocycles. The number of nitrogens with zero attached hydrogens (tertiary/aromatic N) is 3. The van der Waals surface area contributed by atoms with Crippen molar-refractivity contribution in [1.82, 2.24) is 15.2 Å². The van der Waals surface area contributed by atoms with Crippen molar-refractivity contribution < 1.29 is 22.4 Å². The number of hydrogen-bond acceptors (Lipinski definition) is 5. The largest absolute Gasteiger partial charge is 0.447 e. The van der Waals surface area contributed by atoms with Crippen molar-refractivity contribution in [2.75, 3.05) is 31.1 Å². The highest BCUT2D eigenvalue weighted by Gasteiger charge is 2.30. The summed E-state index contributed by atoms with van der Waals surface area (Å²) in [6.07, 6.45) is -3.16. The van der Waals surface area contributed by atoms with E-state index in [0.29, 0.717) is 23.0 Å². The molecule has 2 heterocycles. The second kappa shape index (κ2) is 9.84. The van der Waals surface area contributed by atoms with Crippen molar-refractivity contribution in [3.05, 3.63) is 82.5 Å². The summed E-state index contributed by atoms with van der Waals surface area (Å²) in [6.45, 7) is 3.72. The summed E-state index contributed by atoms with van der Waals surface area (Å²) in [4.78, 5) is 21.0. The van der Waals surface area contributed by atoms with E-state index < -0.39 is 17.6 Å². The smallest absolute Gasteiger partial charge is 0.416 e. The van der Waals surface area contributed by atoms with Gasteiger partial charge in [-0.05, 0) is 42.0 Å². The van der Waals surface area contributed by atoms with E-state index in [1.165, 1.54) is 18.4 Å². The van der Waals surface area contributed by atoms with Crippen LogP contribution in [0.2, 0.25) is 5.02 Å². The fourth-order valence-electron chi connectivity index (χ4n) is 3.63. The van der Waals surface area contributed by atoms with Crippen LogP contribution in [0.3, 0.4) is 0 Å². The summed E-state index contributed by atoms with van der Waals surface area (Å²) in [7, 11) is 0. The molecule has 0 radical (unpaired) electrons. The first kappa shape index (κ1) is 23.1. The summed E-state index contributed by atoms with van der Waals surface area (Å²) in [5.74, 6) is -0.0888. The molecule has 0 unspecified atom stereocenters. The quantitative estimate of drug-likeness (QED) is 0.561. The first-order valence-corrected chi connectivity index (χ1v) is 10.8. The lowest BCUT2D eigenvalue weighted by molar-refractivity contribution is -0.137. The molecule has 1 N–H and O–H groups in total. The number of amides is 1. The van der Waals surface area contributed by atoms with Gasteiger partial charge in [-0.1, -0.05) is 23.7 Å². The number of oxazole rings is 1. The molecule has 0 atom stereocenters. The number of halogens is 4. The van der Waals surface area contributed by atoms with Gasteiger partial charge in [0.25, 0.3) is 5.91 Å². The fourth-order valence-corrected chi connectivity index (χ4v) is 3.75. The third kappa shape index (κ3) is 6.06. The van der Waals surface area contributed by atoms with Gasteiger partial charge in [-0.3, -0.25) is 9.69 Å². The molecular weight excluding hydrogens is 457 g/mol. The van der Waals surface area contributed by atoms with E-state index in [0.717, 1.165) is 44.0 Å². The first-order chi connectivity index (χ1) is 15.8. The Labute approximate surface area is 194 Å². The summed E-state index contributed by atoms with van der Waals surface area (Å²) >= 11 is 5.95. The Morgan fingerprint density at radius 1 is 1.09 bits per heavy atom. The molecule has 3 aromatic rings. The zero-order valence-corrected chi connectivity index (χ0v) is 18.4. The molecular formula is C23H22ClF3N4O2. The molecule has 1 fully saturated rings. The highest BCUT2D eigenvalue weighted by molar-refractivity contribution is 6.30. The van der Waals surface area contributed by atoms with E-state index in [-0.39, 0.29) is 12.2 Å². The van der Waals surface area contributed by atoms with Crippen molar-refractivity contribution in [1.29, 1.82) is 0 Å². The monoisotopic (exact) mass is 478 g/mol. The Balaban J connectivity index is 1.27. The molecule has 4 rings (SSSR count). The van der Waals surface area contributed by atoms with Crippen molar-refractivity contribution in [3.8, 4) is 0 Å². The number of nitrogens with one attached hydrogen (secondary N) is 1. The number of rotatable bonds is 6. The number of aromatic nitrogens is 1. The van der Waals surface area contributed by atoms with Crippen molar-refractivity contribution in [3.63, 3.8) is 0 Å². The number of carbonyl (C=O) groups excluding carboxylic acids is 1. The highest BCUT2D eigenvalue weighted by Crippen LogP contribution is 2.29. The molecule has 10 heteroatoms. The molecule has 174 valence electrons. The van der Waals surface area contributed by atoms with Crippen LogP contribution in [0.1, 0.15) is 27.5 Å². The lowest BCUT2D eigenvalue weighted by Crippen LogP contribution is -2.46. The van der Waals surface area contributed by atoms with Gasteiger partial charge in [-0.15, -0.1) is 0 Å². The first-order valence-electron chi connectivity index (χ1n) is 10.4. The van der Waals surface area contributed by atoms with Crippen LogP contribution in [0.4, 0.5) is 18.9 Å². The average Bonchev–Trinajstić information content (AvgIpc) is 3.27. The zero-order chi connectivity index (χ0) is 23.4. The second-order valence-corrected chi connectivity index (χ2v) is 8.18. The number of piperazine rings is 1. The Bertz CT molecular complexity index is 1090. The molecule has 0 bridgehead atoms. The van der Waals surface area contributed by atoms with Crippen molar-refractivity contribution >= 4 is 23.2 Å². The third-order valence-electron chi connectivity index (χ3n) is 5.41. The Morgan fingerprint density at radius 3 is 2.52 bits per heavy atom. The normalized spacial score (nSPS) is 15.0. The van der Waals surface area contributed by atoms with E-state index in [1.54, 1.807) is 0 Å². The molecule has 0 aliphatic carbocycles. The van der Waals surface area contributed by atoms with Gasteiger partial charge in [0.05, 0.1) is 12.1 Å². The molecule has 0 saturated carbocycles. The number of carbonyl (C=O) groups is 1. The van der Waals surface area contributed by atoms with Crippen molar-refractivity contribution in [2.45, 2.75) is 19.3 Å². The van der Waals surface area contributed by atoms with E-state index in [1.807, 2.05) is 24.3 Å². The molecule has 1 amide bonds. The summed E-state index contributed by atoms with van der Waals surface area (Å²) in [6, 6.07) is 12.6. The topological polar surface area (TPSA) is 61.6 Å². The molecule has 2 aromatic carbocycles. The van der Waals surface area contributed by atoms with Gasteiger partial charge in [0.15, 0.2) is 5.69 Å². The molecule has 1 aromatic heterocycles. The summed E-state index contributed by atoms with van der Waals surface area (Å²) < 4.78 is 43.9. The highest BCUT2D eigenvalue weighted by atomic mass is 35.5. The van der Waals surface area contributed by atoms with Crippen LogP contribution in [0.5, 0.6) is 0 Å². The van der Waals surface area contributed by atoms with Gasteiger partial charge in [-0.2, -0.15) is 13.2 Å². The second-order valence-electron chi connectivity index (χ2n) is 7.75. The standard InChI is InChI=1S/C23H22ClF3N4O2/c24-18-4-6-19(7-5-18)31-10-8-30(9-11-31)14-21-29-20(15-33-21)22(32)28-13-16-2-1-3-17(12-16)23(25,26)27/h1-7,12,15H,8-11,13-14H2,(H,28,32). The number of benzene rings is 2. The fraction of sp³-hybridized carbons (Fsp3) is 0.304. The maximum Gasteiger partial charge on any atom is 0.416 e. The lowest BCUT2D eigenvalue weighted by atomic mass is 10.1. The van der Waals surface area contributed by atoms with Crippen LogP contribution in [0.15, 0.2) is 59.2 Å². The minimum atomic E-state index is -4.43. The van der Waals surface area contributed by atoms with E-state index >= 15 is 0 Å². The molecule has 1 aliphatic rings. The van der Waals surface area contributed by atoms with Crippen LogP contribution in [-0.4, -0.2) is 42.0 Å². The van der Waals surface area contributed by atoms with Gasteiger partial charge in [0, 0.05) is 43.4 Å². The van der Waals surface area contributed by atoms with Gasteiger partial charge in [-0.25, -0.2) is 4.98 Å². The Kier molecular flexibility index (Phi) is 6.90. The van der Waals surface area contributed by atoms with Gasteiger partial charge < -0.3 is 14.6 Å². The third-order valence-corrected chi connectivity index (χ3v) is 5.67. The Hall–Kier alpha value is -3.04. The minimum Gasteiger partial charge on any atom is -0.447 e. The van der Waals surface area contributed by atoms with E-state index in [2.05, 4.69) is 20.1 Å². The summed E-state index contributed by atoms with van der Waals surface area (Å²) in [5, 5.41) is 3.28. The van der Waals surface area contributed by atoms with Gasteiger partial charge in [0.2, 0.25) is 5.89 Å². The van der Waals surface area contributed by atoms with E-state index in [9.17, 15) is 18.0 Å². The number of anilines is 1. The van der Waals surface area contributed by atoms with Crippen LogP contribution in [-0.2, 0) is 19.3 Å². The van der Waals surface area contributed by atoms with Crippen LogP contribution >= 0.6 is 11.6 Å². The summed E-state index contributed by atoms with van der Waals surface area (Å²) in [5.41, 5.74) is 0.807. The molecule has 1 saturated heterocycles. The van der Waals surface area contributed by atoms with Crippen molar-refractivity contribution in [2.24, 2.45) is 0 Å². The van der Waals surface area contributed by atoms with Crippen LogP contribution in [0.25, 0.3) is 0 Å². The van der Waals surface area contributed by atoms with Gasteiger partial charge >= 0.3 is 6.18 Å². The molecule has 6 nitrogen and oxygen atoms in total. The predicted octanol–water partition coefficient (Wildman–Crippen LogP) is 4.60. The van der Waals surface area contributed by atoms with Crippen LogP contribution < -0.4 is 10.2 Å². The molecule has 33 heavy (non-hydrogen) atoms.